The molecule has 0 aliphatic carbocycles. The van der Waals surface area contributed by atoms with Gasteiger partial charge in [0.1, 0.15) is 0 Å². The minimum absolute atomic E-state index is 0.251. The lowest BCUT2D eigenvalue weighted by Gasteiger charge is -2.08. The van der Waals surface area contributed by atoms with Crippen molar-refractivity contribution in [2.24, 2.45) is 0 Å². The van der Waals surface area contributed by atoms with Crippen LogP contribution in [0, 0.1) is 21.0 Å². The van der Waals surface area contributed by atoms with Crippen LogP contribution in [0.5, 0.6) is 0 Å². The third-order valence-electron chi connectivity index (χ3n) is 2.46. The summed E-state index contributed by atoms with van der Waals surface area (Å²) in [5.41, 5.74) is -0.347. The van der Waals surface area contributed by atoms with E-state index in [-0.39, 0.29) is 10.7 Å². The Bertz CT molecular complexity index is 694. The van der Waals surface area contributed by atoms with Crippen molar-refractivity contribution in [2.75, 3.05) is 5.32 Å². The van der Waals surface area contributed by atoms with E-state index in [9.17, 15) is 18.0 Å². The fraction of sp³-hybridized carbons (Fsp3) is 0. The van der Waals surface area contributed by atoms with Gasteiger partial charge in [0, 0.05) is 3.57 Å². The second-order valence-electron chi connectivity index (χ2n) is 3.80. The first-order valence-corrected chi connectivity index (χ1v) is 6.75. The zero-order chi connectivity index (χ0) is 14.9. The normalized spacial score (nSPS) is 10.4. The van der Waals surface area contributed by atoms with Crippen LogP contribution < -0.4 is 5.32 Å². The van der Waals surface area contributed by atoms with Crippen LogP contribution in [0.25, 0.3) is 0 Å². The number of nitrogens with one attached hydrogen (secondary N) is 1. The van der Waals surface area contributed by atoms with Crippen molar-refractivity contribution in [3.8, 4) is 0 Å². The number of carbonyl (C=O) groups is 1. The maximum Gasteiger partial charge on any atom is 0.258 e. The molecule has 1 N–H and O–H groups in total. The molecule has 0 bridgehead atoms. The van der Waals surface area contributed by atoms with Crippen molar-refractivity contribution < 1.29 is 18.0 Å². The van der Waals surface area contributed by atoms with Crippen LogP contribution in [0.4, 0.5) is 18.9 Å². The monoisotopic (exact) mass is 411 g/mol. The average Bonchev–Trinajstić information content (AvgIpc) is 2.39. The van der Waals surface area contributed by atoms with E-state index in [4.69, 9.17) is 11.6 Å². The molecule has 0 aliphatic rings. The summed E-state index contributed by atoms with van der Waals surface area (Å²) in [6, 6.07) is 6.36. The summed E-state index contributed by atoms with van der Waals surface area (Å²) in [4.78, 5) is 11.8. The number of anilines is 1. The van der Waals surface area contributed by atoms with E-state index in [1.807, 2.05) is 22.6 Å². The highest BCUT2D eigenvalue weighted by Crippen LogP contribution is 2.25. The zero-order valence-corrected chi connectivity index (χ0v) is 12.6. The van der Waals surface area contributed by atoms with E-state index in [2.05, 4.69) is 5.32 Å². The van der Waals surface area contributed by atoms with Gasteiger partial charge in [0.05, 0.1) is 16.3 Å². The topological polar surface area (TPSA) is 29.1 Å². The molecule has 0 heterocycles. The average molecular weight is 412 g/mol. The molecule has 0 unspecified atom stereocenters. The lowest BCUT2D eigenvalue weighted by molar-refractivity contribution is 0.102. The lowest BCUT2D eigenvalue weighted by atomic mass is 10.1. The van der Waals surface area contributed by atoms with Crippen molar-refractivity contribution in [1.82, 2.24) is 0 Å². The molecule has 1 amide bonds. The Labute approximate surface area is 131 Å². The number of hydrogen-bond donors (Lipinski definition) is 1. The van der Waals surface area contributed by atoms with Crippen molar-refractivity contribution in [2.45, 2.75) is 0 Å². The Balaban J connectivity index is 2.31. The van der Waals surface area contributed by atoms with Gasteiger partial charge in [-0.15, -0.1) is 0 Å². The SMILES string of the molecule is O=C(Nc1ccc(I)cc1Cl)c1ccc(F)c(F)c1F. The quantitative estimate of drug-likeness (QED) is 0.567. The van der Waals surface area contributed by atoms with Gasteiger partial charge >= 0.3 is 0 Å². The third-order valence-corrected chi connectivity index (χ3v) is 3.44. The van der Waals surface area contributed by atoms with E-state index in [0.717, 1.165) is 9.64 Å². The van der Waals surface area contributed by atoms with E-state index in [1.165, 1.54) is 6.07 Å². The maximum absolute atomic E-state index is 13.5. The first-order valence-electron chi connectivity index (χ1n) is 5.30. The lowest BCUT2D eigenvalue weighted by Crippen LogP contribution is -2.15. The minimum Gasteiger partial charge on any atom is -0.321 e. The molecule has 7 heteroatoms. The van der Waals surface area contributed by atoms with Crippen molar-refractivity contribution in [1.29, 1.82) is 0 Å². The molecule has 2 aromatic rings. The highest BCUT2D eigenvalue weighted by atomic mass is 127. The van der Waals surface area contributed by atoms with Crippen LogP contribution in [0.15, 0.2) is 30.3 Å². The number of benzene rings is 2. The highest BCUT2D eigenvalue weighted by molar-refractivity contribution is 14.1. The largest absolute Gasteiger partial charge is 0.321 e. The van der Waals surface area contributed by atoms with Crippen LogP contribution in [0.3, 0.4) is 0 Å². The first kappa shape index (κ1) is 15.1. The molecule has 0 atom stereocenters. The molecule has 0 aliphatic heterocycles. The Morgan fingerprint density at radius 2 is 1.80 bits per heavy atom. The Hall–Kier alpha value is -1.28. The van der Waals surface area contributed by atoms with Crippen LogP contribution >= 0.6 is 34.2 Å². The predicted molar refractivity (Wildman–Crippen MR) is 78.4 cm³/mol. The molecule has 0 radical (unpaired) electrons. The second kappa shape index (κ2) is 6.01. The first-order chi connectivity index (χ1) is 9.40. The maximum atomic E-state index is 13.5. The van der Waals surface area contributed by atoms with Crippen LogP contribution in [-0.4, -0.2) is 5.91 Å². The van der Waals surface area contributed by atoms with E-state index in [1.54, 1.807) is 12.1 Å². The summed E-state index contributed by atoms with van der Waals surface area (Å²) in [6.45, 7) is 0. The molecule has 0 aromatic heterocycles. The standard InChI is InChI=1S/C13H6ClF3INO/c14-8-5-6(18)1-4-10(8)19-13(20)7-2-3-9(15)12(17)11(7)16/h1-5H,(H,19,20). The van der Waals surface area contributed by atoms with Crippen LogP contribution in [0.1, 0.15) is 10.4 Å². The molecule has 2 rings (SSSR count). The summed E-state index contributed by atoms with van der Waals surface area (Å²) in [6.07, 6.45) is 0. The van der Waals surface area contributed by atoms with Gasteiger partial charge in [-0.2, -0.15) is 0 Å². The molecule has 2 nitrogen and oxygen atoms in total. The molecular formula is C13H6ClF3INO. The van der Waals surface area contributed by atoms with Crippen molar-refractivity contribution >= 4 is 45.8 Å². The van der Waals surface area contributed by atoms with Gasteiger partial charge in [0.25, 0.3) is 5.91 Å². The van der Waals surface area contributed by atoms with E-state index in [0.29, 0.717) is 6.07 Å². The highest BCUT2D eigenvalue weighted by Gasteiger charge is 2.19. The zero-order valence-electron chi connectivity index (χ0n) is 9.68. The van der Waals surface area contributed by atoms with Gasteiger partial charge in [-0.05, 0) is 52.9 Å². The van der Waals surface area contributed by atoms with Crippen molar-refractivity contribution in [3.05, 3.63) is 61.9 Å². The summed E-state index contributed by atoms with van der Waals surface area (Å²) >= 11 is 7.94. The van der Waals surface area contributed by atoms with Gasteiger partial charge < -0.3 is 5.32 Å². The second-order valence-corrected chi connectivity index (χ2v) is 5.45. The van der Waals surface area contributed by atoms with Gasteiger partial charge in [-0.1, -0.05) is 11.6 Å². The number of hydrogen-bond acceptors (Lipinski definition) is 1. The smallest absolute Gasteiger partial charge is 0.258 e. The number of rotatable bonds is 2. The van der Waals surface area contributed by atoms with Gasteiger partial charge in [0.2, 0.25) is 0 Å². The van der Waals surface area contributed by atoms with Crippen molar-refractivity contribution in [3.63, 3.8) is 0 Å². The minimum atomic E-state index is -1.69. The van der Waals surface area contributed by atoms with Crippen LogP contribution in [0.2, 0.25) is 5.02 Å². The molecule has 0 saturated heterocycles. The molecule has 0 saturated carbocycles. The molecule has 0 spiro atoms. The van der Waals surface area contributed by atoms with Gasteiger partial charge in [-0.25, -0.2) is 13.2 Å². The molecular weight excluding hydrogens is 406 g/mol. The number of amides is 1. The summed E-state index contributed by atoms with van der Waals surface area (Å²) < 4.78 is 40.2. The number of carbonyl (C=O) groups excluding carboxylic acids is 1. The number of halogens is 5. The van der Waals surface area contributed by atoms with Gasteiger partial charge in [0.15, 0.2) is 17.5 Å². The van der Waals surface area contributed by atoms with Crippen LogP contribution in [-0.2, 0) is 0 Å². The molecule has 0 fully saturated rings. The fourth-order valence-electron chi connectivity index (χ4n) is 1.48. The fourth-order valence-corrected chi connectivity index (χ4v) is 2.38. The third kappa shape index (κ3) is 3.06. The summed E-state index contributed by atoms with van der Waals surface area (Å²) in [5, 5.41) is 2.60. The summed E-state index contributed by atoms with van der Waals surface area (Å²) in [5.74, 6) is -5.49. The summed E-state index contributed by atoms with van der Waals surface area (Å²) in [7, 11) is 0. The van der Waals surface area contributed by atoms with E-state index >= 15 is 0 Å². The Kier molecular flexibility index (Phi) is 4.54. The predicted octanol–water partition coefficient (Wildman–Crippen LogP) is 4.61. The Morgan fingerprint density at radius 1 is 1.10 bits per heavy atom. The molecule has 104 valence electrons. The van der Waals surface area contributed by atoms with Gasteiger partial charge in [-0.3, -0.25) is 4.79 Å². The van der Waals surface area contributed by atoms with E-state index < -0.39 is 28.9 Å². The molecule has 2 aromatic carbocycles. The molecule has 20 heavy (non-hydrogen) atoms. The Morgan fingerprint density at radius 3 is 2.45 bits per heavy atom.